The Morgan fingerprint density at radius 3 is 2.50 bits per heavy atom. The summed E-state index contributed by atoms with van der Waals surface area (Å²) in [5.74, 6) is -2.30. The van der Waals surface area contributed by atoms with E-state index in [4.69, 9.17) is 5.11 Å². The number of rotatable bonds is 3. The number of para-hydroxylation sites is 1. The van der Waals surface area contributed by atoms with E-state index in [1.165, 1.54) is 24.3 Å². The minimum atomic E-state index is -1.15. The van der Waals surface area contributed by atoms with Gasteiger partial charge in [0.25, 0.3) is 5.91 Å². The van der Waals surface area contributed by atoms with Gasteiger partial charge < -0.3 is 10.4 Å². The van der Waals surface area contributed by atoms with Crippen LogP contribution >= 0.6 is 15.9 Å². The van der Waals surface area contributed by atoms with E-state index in [9.17, 15) is 14.0 Å². The molecule has 2 rings (SSSR count). The second-order valence-corrected chi connectivity index (χ2v) is 4.78. The summed E-state index contributed by atoms with van der Waals surface area (Å²) in [5.41, 5.74) is 0.208. The highest BCUT2D eigenvalue weighted by molar-refractivity contribution is 9.10. The van der Waals surface area contributed by atoms with Crippen LogP contribution in [0.15, 0.2) is 46.9 Å². The first-order chi connectivity index (χ1) is 9.49. The van der Waals surface area contributed by atoms with Crippen LogP contribution in [0.5, 0.6) is 0 Å². The van der Waals surface area contributed by atoms with Crippen molar-refractivity contribution in [1.82, 2.24) is 0 Å². The highest BCUT2D eigenvalue weighted by atomic mass is 79.9. The Balaban J connectivity index is 2.33. The summed E-state index contributed by atoms with van der Waals surface area (Å²) in [5, 5.41) is 11.5. The molecule has 0 radical (unpaired) electrons. The van der Waals surface area contributed by atoms with Crippen molar-refractivity contribution in [2.45, 2.75) is 0 Å². The first-order valence-electron chi connectivity index (χ1n) is 5.58. The lowest BCUT2D eigenvalue weighted by atomic mass is 10.1. The SMILES string of the molecule is O=C(Nc1ccccc1C(=O)O)c1cc(F)ccc1Br. The Kier molecular flexibility index (Phi) is 4.14. The summed E-state index contributed by atoms with van der Waals surface area (Å²) in [6.07, 6.45) is 0. The monoisotopic (exact) mass is 337 g/mol. The molecule has 2 aromatic carbocycles. The maximum Gasteiger partial charge on any atom is 0.337 e. The molecule has 0 atom stereocenters. The molecule has 0 aliphatic carbocycles. The van der Waals surface area contributed by atoms with Gasteiger partial charge in [0.15, 0.2) is 0 Å². The molecule has 0 aromatic heterocycles. The summed E-state index contributed by atoms with van der Waals surface area (Å²) < 4.78 is 13.6. The van der Waals surface area contributed by atoms with Crippen molar-refractivity contribution in [2.24, 2.45) is 0 Å². The number of halogens is 2. The molecule has 4 nitrogen and oxygen atoms in total. The van der Waals surface area contributed by atoms with Crippen molar-refractivity contribution in [2.75, 3.05) is 5.32 Å². The number of carbonyl (C=O) groups excluding carboxylic acids is 1. The average Bonchev–Trinajstić information content (AvgIpc) is 2.41. The van der Waals surface area contributed by atoms with Gasteiger partial charge in [-0.3, -0.25) is 4.79 Å². The zero-order valence-corrected chi connectivity index (χ0v) is 11.6. The van der Waals surface area contributed by atoms with Gasteiger partial charge in [0.2, 0.25) is 0 Å². The third kappa shape index (κ3) is 3.03. The van der Waals surface area contributed by atoms with Crippen molar-refractivity contribution in [3.63, 3.8) is 0 Å². The Labute approximate surface area is 122 Å². The molecule has 0 aliphatic heterocycles. The van der Waals surface area contributed by atoms with Crippen molar-refractivity contribution in [1.29, 1.82) is 0 Å². The largest absolute Gasteiger partial charge is 0.478 e. The molecule has 0 unspecified atom stereocenters. The van der Waals surface area contributed by atoms with Crippen LogP contribution in [-0.4, -0.2) is 17.0 Å². The molecule has 0 spiro atoms. The number of amides is 1. The Morgan fingerprint density at radius 1 is 1.10 bits per heavy atom. The third-order valence-electron chi connectivity index (χ3n) is 2.58. The summed E-state index contributed by atoms with van der Waals surface area (Å²) in [6, 6.07) is 9.69. The second kappa shape index (κ2) is 5.83. The molecule has 0 heterocycles. The third-order valence-corrected chi connectivity index (χ3v) is 3.27. The van der Waals surface area contributed by atoms with Crippen LogP contribution in [0.3, 0.4) is 0 Å². The molecule has 20 heavy (non-hydrogen) atoms. The van der Waals surface area contributed by atoms with E-state index in [1.54, 1.807) is 12.1 Å². The molecular formula is C14H9BrFNO3. The summed E-state index contributed by atoms with van der Waals surface area (Å²) in [4.78, 5) is 23.1. The number of hydrogen-bond donors (Lipinski definition) is 2. The first kappa shape index (κ1) is 14.2. The summed E-state index contributed by atoms with van der Waals surface area (Å²) in [6.45, 7) is 0. The van der Waals surface area contributed by atoms with Crippen LogP contribution in [0.4, 0.5) is 10.1 Å². The van der Waals surface area contributed by atoms with E-state index in [-0.39, 0.29) is 16.8 Å². The Morgan fingerprint density at radius 2 is 1.80 bits per heavy atom. The molecular weight excluding hydrogens is 329 g/mol. The number of benzene rings is 2. The molecule has 1 amide bonds. The predicted octanol–water partition coefficient (Wildman–Crippen LogP) is 3.54. The predicted molar refractivity (Wildman–Crippen MR) is 75.5 cm³/mol. The van der Waals surface area contributed by atoms with Crippen LogP contribution in [0, 0.1) is 5.82 Å². The zero-order chi connectivity index (χ0) is 14.7. The fraction of sp³-hybridized carbons (Fsp3) is 0. The molecule has 0 saturated carbocycles. The van der Waals surface area contributed by atoms with E-state index >= 15 is 0 Å². The van der Waals surface area contributed by atoms with Crippen molar-refractivity contribution >= 4 is 33.5 Å². The average molecular weight is 338 g/mol. The zero-order valence-electron chi connectivity index (χ0n) is 10.1. The lowest BCUT2D eigenvalue weighted by Crippen LogP contribution is -2.15. The highest BCUT2D eigenvalue weighted by Gasteiger charge is 2.15. The van der Waals surface area contributed by atoms with Gasteiger partial charge in [0.05, 0.1) is 16.8 Å². The fourth-order valence-corrected chi connectivity index (χ4v) is 2.07. The van der Waals surface area contributed by atoms with Crippen LogP contribution in [-0.2, 0) is 0 Å². The van der Waals surface area contributed by atoms with Gasteiger partial charge in [0, 0.05) is 4.47 Å². The lowest BCUT2D eigenvalue weighted by Gasteiger charge is -2.09. The first-order valence-corrected chi connectivity index (χ1v) is 6.37. The number of carboxylic acids is 1. The van der Waals surface area contributed by atoms with E-state index in [0.717, 1.165) is 6.07 Å². The van der Waals surface area contributed by atoms with E-state index < -0.39 is 17.7 Å². The number of hydrogen-bond acceptors (Lipinski definition) is 2. The van der Waals surface area contributed by atoms with Gasteiger partial charge in [-0.05, 0) is 46.3 Å². The summed E-state index contributed by atoms with van der Waals surface area (Å²) in [7, 11) is 0. The van der Waals surface area contributed by atoms with Crippen molar-refractivity contribution < 1.29 is 19.1 Å². The standard InChI is InChI=1S/C14H9BrFNO3/c15-11-6-5-8(16)7-10(11)13(18)17-12-4-2-1-3-9(12)14(19)20/h1-7H,(H,17,18)(H,19,20). The van der Waals surface area contributed by atoms with Gasteiger partial charge in [-0.1, -0.05) is 12.1 Å². The van der Waals surface area contributed by atoms with E-state index in [1.807, 2.05) is 0 Å². The molecule has 2 N–H and O–H groups in total. The number of anilines is 1. The van der Waals surface area contributed by atoms with E-state index in [2.05, 4.69) is 21.2 Å². The minimum absolute atomic E-state index is 0.0339. The smallest absolute Gasteiger partial charge is 0.337 e. The molecule has 0 fully saturated rings. The van der Waals surface area contributed by atoms with Crippen LogP contribution in [0.25, 0.3) is 0 Å². The number of carboxylic acid groups (broad SMARTS) is 1. The van der Waals surface area contributed by atoms with Gasteiger partial charge in [-0.25, -0.2) is 9.18 Å². The molecule has 2 aromatic rings. The topological polar surface area (TPSA) is 66.4 Å². The van der Waals surface area contributed by atoms with Gasteiger partial charge in [0.1, 0.15) is 5.82 Å². The molecule has 0 aliphatic rings. The second-order valence-electron chi connectivity index (χ2n) is 3.93. The number of aromatic carboxylic acids is 1. The maximum absolute atomic E-state index is 13.2. The van der Waals surface area contributed by atoms with E-state index in [0.29, 0.717) is 4.47 Å². The normalized spacial score (nSPS) is 10.1. The lowest BCUT2D eigenvalue weighted by molar-refractivity contribution is 0.0698. The van der Waals surface area contributed by atoms with Crippen molar-refractivity contribution in [3.05, 3.63) is 63.9 Å². The molecule has 0 bridgehead atoms. The van der Waals surface area contributed by atoms with Crippen molar-refractivity contribution in [3.8, 4) is 0 Å². The fourth-order valence-electron chi connectivity index (χ4n) is 1.64. The van der Waals surface area contributed by atoms with Gasteiger partial charge in [-0.2, -0.15) is 0 Å². The molecule has 6 heteroatoms. The van der Waals surface area contributed by atoms with Crippen LogP contribution in [0.2, 0.25) is 0 Å². The quantitative estimate of drug-likeness (QED) is 0.900. The molecule has 102 valence electrons. The molecule has 0 saturated heterocycles. The van der Waals surface area contributed by atoms with Crippen LogP contribution < -0.4 is 5.32 Å². The number of nitrogens with one attached hydrogen (secondary N) is 1. The minimum Gasteiger partial charge on any atom is -0.478 e. The number of carbonyl (C=O) groups is 2. The Bertz CT molecular complexity index is 688. The highest BCUT2D eigenvalue weighted by Crippen LogP contribution is 2.21. The van der Waals surface area contributed by atoms with Crippen LogP contribution in [0.1, 0.15) is 20.7 Å². The maximum atomic E-state index is 13.2. The Hall–Kier alpha value is -2.21. The van der Waals surface area contributed by atoms with Gasteiger partial charge >= 0.3 is 5.97 Å². The van der Waals surface area contributed by atoms with Gasteiger partial charge in [-0.15, -0.1) is 0 Å². The summed E-state index contributed by atoms with van der Waals surface area (Å²) >= 11 is 3.15.